The second-order valence-electron chi connectivity index (χ2n) is 8.48. The molecule has 5 rings (SSSR count). The Kier molecular flexibility index (Phi) is 6.92. The molecule has 6 nitrogen and oxygen atoms in total. The lowest BCUT2D eigenvalue weighted by Crippen LogP contribution is -2.32. The first kappa shape index (κ1) is 22.6. The van der Waals surface area contributed by atoms with E-state index in [2.05, 4.69) is 50.0 Å². The van der Waals surface area contributed by atoms with Gasteiger partial charge >= 0.3 is 0 Å². The number of hydrogen-bond acceptors (Lipinski definition) is 5. The molecule has 0 bridgehead atoms. The lowest BCUT2D eigenvalue weighted by atomic mass is 10.1. The molecule has 1 amide bonds. The highest BCUT2D eigenvalue weighted by Gasteiger charge is 2.22. The van der Waals surface area contributed by atoms with Crippen LogP contribution in [-0.4, -0.2) is 51.0 Å². The molecule has 1 aliphatic rings. The molecule has 4 aromatic rings. The second kappa shape index (κ2) is 10.4. The van der Waals surface area contributed by atoms with Crippen LogP contribution >= 0.6 is 11.8 Å². The van der Waals surface area contributed by atoms with E-state index in [1.54, 1.807) is 0 Å². The van der Waals surface area contributed by atoms with E-state index < -0.39 is 0 Å². The maximum Gasteiger partial charge on any atom is 0.237 e. The van der Waals surface area contributed by atoms with E-state index in [4.69, 9.17) is 0 Å². The van der Waals surface area contributed by atoms with E-state index in [-0.39, 0.29) is 5.91 Å². The van der Waals surface area contributed by atoms with Crippen molar-refractivity contribution in [3.8, 4) is 5.69 Å². The SMILES string of the molecule is CCN(C(=O)CSc1nnc(CN2CCCC2)n1-c1ccccc1)c1cccc2ccccc12. The van der Waals surface area contributed by atoms with E-state index in [0.29, 0.717) is 12.3 Å². The van der Waals surface area contributed by atoms with Crippen LogP contribution in [0.2, 0.25) is 0 Å². The predicted molar refractivity (Wildman–Crippen MR) is 139 cm³/mol. The number of carbonyl (C=O) groups is 1. The summed E-state index contributed by atoms with van der Waals surface area (Å²) in [5.41, 5.74) is 1.98. The predicted octanol–water partition coefficient (Wildman–Crippen LogP) is 5.16. The first-order valence-electron chi connectivity index (χ1n) is 11.9. The zero-order valence-electron chi connectivity index (χ0n) is 19.4. The fourth-order valence-electron chi connectivity index (χ4n) is 4.60. The van der Waals surface area contributed by atoms with Gasteiger partial charge < -0.3 is 4.90 Å². The van der Waals surface area contributed by atoms with Gasteiger partial charge in [-0.3, -0.25) is 14.3 Å². The van der Waals surface area contributed by atoms with Gasteiger partial charge in [-0.2, -0.15) is 0 Å². The van der Waals surface area contributed by atoms with E-state index in [1.165, 1.54) is 24.6 Å². The summed E-state index contributed by atoms with van der Waals surface area (Å²) in [5.74, 6) is 1.28. The van der Waals surface area contributed by atoms with Crippen molar-refractivity contribution in [2.75, 3.05) is 30.3 Å². The first-order chi connectivity index (χ1) is 16.7. The molecule has 0 unspecified atom stereocenters. The minimum absolute atomic E-state index is 0.0626. The molecule has 0 N–H and O–H groups in total. The largest absolute Gasteiger partial charge is 0.311 e. The third-order valence-corrected chi connectivity index (χ3v) is 7.19. The van der Waals surface area contributed by atoms with Crippen molar-refractivity contribution in [1.82, 2.24) is 19.7 Å². The Morgan fingerprint density at radius 1 is 0.941 bits per heavy atom. The van der Waals surface area contributed by atoms with Gasteiger partial charge in [0.2, 0.25) is 5.91 Å². The zero-order chi connectivity index (χ0) is 23.3. The van der Waals surface area contributed by atoms with Gasteiger partial charge in [-0.05, 0) is 56.4 Å². The smallest absolute Gasteiger partial charge is 0.237 e. The summed E-state index contributed by atoms with van der Waals surface area (Å²) in [6.45, 7) is 5.59. The molecule has 2 heterocycles. The maximum atomic E-state index is 13.4. The molecule has 1 saturated heterocycles. The Balaban J connectivity index is 1.38. The van der Waals surface area contributed by atoms with Crippen LogP contribution in [0.3, 0.4) is 0 Å². The first-order valence-corrected chi connectivity index (χ1v) is 12.9. The molecule has 1 aliphatic heterocycles. The van der Waals surface area contributed by atoms with Crippen LogP contribution in [0.15, 0.2) is 78.0 Å². The monoisotopic (exact) mass is 471 g/mol. The summed E-state index contributed by atoms with van der Waals surface area (Å²) in [5, 5.41) is 12.0. The molecule has 3 aromatic carbocycles. The fourth-order valence-corrected chi connectivity index (χ4v) is 5.45. The number of aromatic nitrogens is 3. The third kappa shape index (κ3) is 4.72. The molecule has 1 fully saturated rings. The lowest BCUT2D eigenvalue weighted by Gasteiger charge is -2.22. The van der Waals surface area contributed by atoms with Crippen molar-refractivity contribution >= 4 is 34.1 Å². The Bertz CT molecular complexity index is 1260. The summed E-state index contributed by atoms with van der Waals surface area (Å²) in [7, 11) is 0. The van der Waals surface area contributed by atoms with Crippen molar-refractivity contribution in [1.29, 1.82) is 0 Å². The Morgan fingerprint density at radius 2 is 1.68 bits per heavy atom. The van der Waals surface area contributed by atoms with E-state index >= 15 is 0 Å². The zero-order valence-corrected chi connectivity index (χ0v) is 20.2. The van der Waals surface area contributed by atoms with E-state index in [0.717, 1.165) is 52.8 Å². The fraction of sp³-hybridized carbons (Fsp3) is 0.296. The minimum atomic E-state index is 0.0626. The standard InChI is InChI=1S/C27H29N5OS/c1-2-31(24-16-10-12-21-11-6-7-15-23(21)24)26(33)20-34-27-29-28-25(19-30-17-8-9-18-30)32(27)22-13-4-3-5-14-22/h3-7,10-16H,2,8-9,17-20H2,1H3. The van der Waals surface area contributed by atoms with Crippen LogP contribution in [0, 0.1) is 0 Å². The highest BCUT2D eigenvalue weighted by Crippen LogP contribution is 2.29. The number of hydrogen-bond donors (Lipinski definition) is 0. The average Bonchev–Trinajstić information content (AvgIpc) is 3.54. The lowest BCUT2D eigenvalue weighted by molar-refractivity contribution is -0.116. The number of rotatable bonds is 8. The van der Waals surface area contributed by atoms with Gasteiger partial charge in [-0.1, -0.05) is 66.4 Å². The number of nitrogens with zero attached hydrogens (tertiary/aromatic N) is 5. The minimum Gasteiger partial charge on any atom is -0.311 e. The van der Waals surface area contributed by atoms with Gasteiger partial charge in [-0.25, -0.2) is 0 Å². The molecular formula is C27H29N5OS. The Morgan fingerprint density at radius 3 is 2.47 bits per heavy atom. The average molecular weight is 472 g/mol. The quantitative estimate of drug-likeness (QED) is 0.332. The van der Waals surface area contributed by atoms with Gasteiger partial charge in [0.1, 0.15) is 0 Å². The van der Waals surface area contributed by atoms with Crippen LogP contribution in [0.1, 0.15) is 25.6 Å². The number of amides is 1. The number of carbonyl (C=O) groups excluding carboxylic acids is 1. The molecule has 7 heteroatoms. The maximum absolute atomic E-state index is 13.4. The van der Waals surface area contributed by atoms with Crippen molar-refractivity contribution in [2.24, 2.45) is 0 Å². The van der Waals surface area contributed by atoms with Crippen molar-refractivity contribution in [3.63, 3.8) is 0 Å². The number of benzene rings is 3. The summed E-state index contributed by atoms with van der Waals surface area (Å²) in [6.07, 6.45) is 2.47. The van der Waals surface area contributed by atoms with Crippen LogP contribution in [0.4, 0.5) is 5.69 Å². The number of anilines is 1. The number of thioether (sulfide) groups is 1. The van der Waals surface area contributed by atoms with Crippen LogP contribution < -0.4 is 4.90 Å². The molecule has 34 heavy (non-hydrogen) atoms. The molecule has 0 radical (unpaired) electrons. The van der Waals surface area contributed by atoms with Crippen molar-refractivity contribution in [2.45, 2.75) is 31.5 Å². The summed E-state index contributed by atoms with van der Waals surface area (Å²) in [6, 6.07) is 24.5. The van der Waals surface area contributed by atoms with Gasteiger partial charge in [0.05, 0.1) is 18.0 Å². The number of fused-ring (bicyclic) bond motifs is 1. The summed E-state index contributed by atoms with van der Waals surface area (Å²) < 4.78 is 2.10. The highest BCUT2D eigenvalue weighted by molar-refractivity contribution is 7.99. The van der Waals surface area contributed by atoms with Gasteiger partial charge in [-0.15, -0.1) is 10.2 Å². The normalized spacial score (nSPS) is 14.0. The number of likely N-dealkylation sites (tertiary alicyclic amines) is 1. The Hall–Kier alpha value is -3.16. The van der Waals surface area contributed by atoms with Crippen molar-refractivity contribution < 1.29 is 4.79 Å². The molecule has 0 spiro atoms. The molecule has 0 saturated carbocycles. The molecule has 0 aliphatic carbocycles. The van der Waals surface area contributed by atoms with Crippen molar-refractivity contribution in [3.05, 3.63) is 78.6 Å². The van der Waals surface area contributed by atoms with Gasteiger partial charge in [0, 0.05) is 17.6 Å². The Labute approximate surface area is 204 Å². The van der Waals surface area contributed by atoms with Crippen LogP contribution in [0.5, 0.6) is 0 Å². The number of para-hydroxylation sites is 1. The molecular weight excluding hydrogens is 442 g/mol. The third-order valence-electron chi connectivity index (χ3n) is 6.28. The summed E-state index contributed by atoms with van der Waals surface area (Å²) >= 11 is 1.45. The topological polar surface area (TPSA) is 54.3 Å². The van der Waals surface area contributed by atoms with Crippen LogP contribution in [0.25, 0.3) is 16.5 Å². The molecule has 1 aromatic heterocycles. The molecule has 174 valence electrons. The van der Waals surface area contributed by atoms with Gasteiger partial charge in [0.25, 0.3) is 0 Å². The van der Waals surface area contributed by atoms with E-state index in [9.17, 15) is 4.79 Å². The van der Waals surface area contributed by atoms with Crippen LogP contribution in [-0.2, 0) is 11.3 Å². The van der Waals surface area contributed by atoms with E-state index in [1.807, 2.05) is 54.3 Å². The molecule has 0 atom stereocenters. The summed E-state index contributed by atoms with van der Waals surface area (Å²) in [4.78, 5) is 17.6. The highest BCUT2D eigenvalue weighted by atomic mass is 32.2. The second-order valence-corrected chi connectivity index (χ2v) is 9.42. The van der Waals surface area contributed by atoms with Gasteiger partial charge in [0.15, 0.2) is 11.0 Å².